The van der Waals surface area contributed by atoms with Gasteiger partial charge < -0.3 is 9.73 Å². The van der Waals surface area contributed by atoms with Crippen LogP contribution in [0.2, 0.25) is 0 Å². The molecule has 62 valence electrons. The van der Waals surface area contributed by atoms with Crippen molar-refractivity contribution in [2.75, 3.05) is 12.4 Å². The second-order valence-corrected chi connectivity index (χ2v) is 3.21. The summed E-state index contributed by atoms with van der Waals surface area (Å²) in [4.78, 5) is 5.33. The molecule has 2 heterocycles. The molecule has 0 aliphatic heterocycles. The number of thiophene rings is 1. The summed E-state index contributed by atoms with van der Waals surface area (Å²) in [5, 5.41) is 4.85. The number of nitrogens with one attached hydrogen (secondary N) is 1. The van der Waals surface area contributed by atoms with Crippen LogP contribution in [0, 0.1) is 0 Å². The first kappa shape index (κ1) is 7.36. The predicted molar refractivity (Wildman–Crippen MR) is 49.4 cm³/mol. The molecule has 2 aromatic heterocycles. The van der Waals surface area contributed by atoms with E-state index in [9.17, 15) is 0 Å². The fraction of sp³-hybridized carbons (Fsp3) is 0.125. The normalized spacial score (nSPS) is 10.1. The van der Waals surface area contributed by atoms with Gasteiger partial charge >= 0.3 is 0 Å². The van der Waals surface area contributed by atoms with E-state index in [1.54, 1.807) is 24.6 Å². The van der Waals surface area contributed by atoms with Crippen molar-refractivity contribution in [2.45, 2.75) is 0 Å². The van der Waals surface area contributed by atoms with Gasteiger partial charge in [0.2, 0.25) is 0 Å². The van der Waals surface area contributed by atoms with Gasteiger partial charge in [0, 0.05) is 7.05 Å². The van der Waals surface area contributed by atoms with Gasteiger partial charge in [-0.2, -0.15) is 4.98 Å². The van der Waals surface area contributed by atoms with E-state index in [1.807, 2.05) is 17.5 Å². The summed E-state index contributed by atoms with van der Waals surface area (Å²) in [6, 6.07) is 4.56. The molecule has 0 bridgehead atoms. The van der Waals surface area contributed by atoms with Crippen molar-refractivity contribution >= 4 is 17.4 Å². The zero-order valence-electron chi connectivity index (χ0n) is 6.57. The molecule has 12 heavy (non-hydrogen) atoms. The van der Waals surface area contributed by atoms with Crippen molar-refractivity contribution in [3.05, 3.63) is 23.8 Å². The van der Waals surface area contributed by atoms with Gasteiger partial charge in [-0.25, -0.2) is 0 Å². The average Bonchev–Trinajstić information content (AvgIpc) is 2.75. The zero-order chi connectivity index (χ0) is 8.39. The van der Waals surface area contributed by atoms with Gasteiger partial charge in [0.15, 0.2) is 0 Å². The lowest BCUT2D eigenvalue weighted by Gasteiger charge is -1.86. The molecule has 2 rings (SSSR count). The van der Waals surface area contributed by atoms with Crippen LogP contribution in [0.25, 0.3) is 10.6 Å². The van der Waals surface area contributed by atoms with Gasteiger partial charge in [0.25, 0.3) is 6.01 Å². The quantitative estimate of drug-likeness (QED) is 0.771. The third kappa shape index (κ3) is 1.21. The number of hydrogen-bond acceptors (Lipinski definition) is 4. The minimum atomic E-state index is 0.554. The summed E-state index contributed by atoms with van der Waals surface area (Å²) in [5.74, 6) is 0. The average molecular weight is 180 g/mol. The van der Waals surface area contributed by atoms with Gasteiger partial charge in [-0.3, -0.25) is 0 Å². The summed E-state index contributed by atoms with van der Waals surface area (Å²) in [5.41, 5.74) is 0.884. The highest BCUT2D eigenvalue weighted by molar-refractivity contribution is 7.13. The van der Waals surface area contributed by atoms with Crippen LogP contribution in [0.15, 0.2) is 28.2 Å². The Labute approximate surface area is 74.1 Å². The molecule has 0 unspecified atom stereocenters. The van der Waals surface area contributed by atoms with Crippen LogP contribution in [0.4, 0.5) is 6.01 Å². The second-order valence-electron chi connectivity index (χ2n) is 2.27. The highest BCUT2D eigenvalue weighted by Crippen LogP contribution is 2.24. The smallest absolute Gasteiger partial charge is 0.294 e. The van der Waals surface area contributed by atoms with E-state index in [0.717, 1.165) is 10.6 Å². The van der Waals surface area contributed by atoms with E-state index in [-0.39, 0.29) is 0 Å². The van der Waals surface area contributed by atoms with Crippen LogP contribution >= 0.6 is 11.3 Å². The maximum atomic E-state index is 5.12. The number of aromatic nitrogens is 1. The number of anilines is 1. The van der Waals surface area contributed by atoms with Gasteiger partial charge in [-0.1, -0.05) is 6.07 Å². The molecule has 0 aliphatic carbocycles. The standard InChI is InChI=1S/C8H8N2OS/c1-9-8-10-6(5-11-8)7-3-2-4-12-7/h2-5H,1H3,(H,9,10). The summed E-state index contributed by atoms with van der Waals surface area (Å²) >= 11 is 1.65. The number of oxazole rings is 1. The zero-order valence-corrected chi connectivity index (χ0v) is 7.39. The Balaban J connectivity index is 2.35. The van der Waals surface area contributed by atoms with Crippen LogP contribution in [-0.4, -0.2) is 12.0 Å². The Kier molecular flexibility index (Phi) is 1.83. The second kappa shape index (κ2) is 2.98. The fourth-order valence-electron chi connectivity index (χ4n) is 0.926. The molecule has 4 heteroatoms. The lowest BCUT2D eigenvalue weighted by atomic mass is 10.4. The Morgan fingerprint density at radius 3 is 3.08 bits per heavy atom. The molecule has 0 spiro atoms. The van der Waals surface area contributed by atoms with E-state index in [2.05, 4.69) is 10.3 Å². The fourth-order valence-corrected chi connectivity index (χ4v) is 1.60. The molecular formula is C8H8N2OS. The molecule has 0 fully saturated rings. The summed E-state index contributed by atoms with van der Waals surface area (Å²) in [6.45, 7) is 0. The van der Waals surface area contributed by atoms with Crippen molar-refractivity contribution in [3.63, 3.8) is 0 Å². The van der Waals surface area contributed by atoms with E-state index in [4.69, 9.17) is 4.42 Å². The monoisotopic (exact) mass is 180 g/mol. The predicted octanol–water partition coefficient (Wildman–Crippen LogP) is 2.44. The molecule has 0 saturated heterocycles. The summed E-state index contributed by atoms with van der Waals surface area (Å²) < 4.78 is 5.12. The van der Waals surface area contributed by atoms with Crippen molar-refractivity contribution < 1.29 is 4.42 Å². The van der Waals surface area contributed by atoms with E-state index in [1.165, 1.54) is 0 Å². The molecule has 0 aromatic carbocycles. The largest absolute Gasteiger partial charge is 0.431 e. The third-order valence-electron chi connectivity index (χ3n) is 1.49. The lowest BCUT2D eigenvalue weighted by molar-refractivity contribution is 0.576. The Bertz CT molecular complexity index is 353. The van der Waals surface area contributed by atoms with Crippen molar-refractivity contribution in [1.29, 1.82) is 0 Å². The molecule has 1 N–H and O–H groups in total. The van der Waals surface area contributed by atoms with Crippen LogP contribution in [0.3, 0.4) is 0 Å². The van der Waals surface area contributed by atoms with Gasteiger partial charge in [-0.05, 0) is 11.4 Å². The van der Waals surface area contributed by atoms with Crippen LogP contribution in [0.5, 0.6) is 0 Å². The molecular weight excluding hydrogens is 172 g/mol. The lowest BCUT2D eigenvalue weighted by Crippen LogP contribution is -1.86. The van der Waals surface area contributed by atoms with Crippen molar-refractivity contribution in [1.82, 2.24) is 4.98 Å². The molecule has 0 aliphatic rings. The van der Waals surface area contributed by atoms with Crippen molar-refractivity contribution in [2.24, 2.45) is 0 Å². The van der Waals surface area contributed by atoms with Crippen LogP contribution in [0.1, 0.15) is 0 Å². The minimum absolute atomic E-state index is 0.554. The van der Waals surface area contributed by atoms with E-state index < -0.39 is 0 Å². The highest BCUT2D eigenvalue weighted by atomic mass is 32.1. The SMILES string of the molecule is CNc1nc(-c2cccs2)co1. The van der Waals surface area contributed by atoms with E-state index in [0.29, 0.717) is 6.01 Å². The van der Waals surface area contributed by atoms with Crippen LogP contribution in [-0.2, 0) is 0 Å². The van der Waals surface area contributed by atoms with Crippen molar-refractivity contribution in [3.8, 4) is 10.6 Å². The number of hydrogen-bond donors (Lipinski definition) is 1. The third-order valence-corrected chi connectivity index (χ3v) is 2.38. The maximum absolute atomic E-state index is 5.12. The molecule has 0 saturated carbocycles. The summed E-state index contributed by atoms with van der Waals surface area (Å²) in [7, 11) is 1.78. The first-order valence-electron chi connectivity index (χ1n) is 3.57. The Morgan fingerprint density at radius 1 is 1.58 bits per heavy atom. The Morgan fingerprint density at radius 2 is 2.50 bits per heavy atom. The van der Waals surface area contributed by atoms with Gasteiger partial charge in [0.1, 0.15) is 12.0 Å². The molecule has 0 radical (unpaired) electrons. The number of nitrogens with zero attached hydrogens (tertiary/aromatic N) is 1. The summed E-state index contributed by atoms with van der Waals surface area (Å²) in [6.07, 6.45) is 1.65. The molecule has 3 nitrogen and oxygen atoms in total. The molecule has 2 aromatic rings. The van der Waals surface area contributed by atoms with Gasteiger partial charge in [-0.15, -0.1) is 11.3 Å². The maximum Gasteiger partial charge on any atom is 0.294 e. The Hall–Kier alpha value is -1.29. The van der Waals surface area contributed by atoms with E-state index >= 15 is 0 Å². The first-order valence-corrected chi connectivity index (χ1v) is 4.45. The molecule has 0 atom stereocenters. The van der Waals surface area contributed by atoms with Gasteiger partial charge in [0.05, 0.1) is 4.88 Å². The highest BCUT2D eigenvalue weighted by Gasteiger charge is 2.04. The first-order chi connectivity index (χ1) is 5.90. The van der Waals surface area contributed by atoms with Crippen LogP contribution < -0.4 is 5.32 Å². The number of rotatable bonds is 2. The topological polar surface area (TPSA) is 38.1 Å². The molecule has 0 amide bonds. The minimum Gasteiger partial charge on any atom is -0.431 e.